The van der Waals surface area contributed by atoms with Gasteiger partial charge in [0.15, 0.2) is 0 Å². The summed E-state index contributed by atoms with van der Waals surface area (Å²) in [5, 5.41) is 3.32. The molecule has 1 saturated heterocycles. The van der Waals surface area contributed by atoms with E-state index in [0.717, 1.165) is 32.2 Å². The fourth-order valence-corrected chi connectivity index (χ4v) is 4.07. The molecule has 21 heavy (non-hydrogen) atoms. The van der Waals surface area contributed by atoms with E-state index in [1.54, 1.807) is 11.4 Å². The van der Waals surface area contributed by atoms with Gasteiger partial charge in [-0.15, -0.1) is 0 Å². The maximum absolute atomic E-state index is 12.6. The molecule has 0 amide bonds. The largest absolute Gasteiger partial charge is 0.314 e. The maximum Gasteiger partial charge on any atom is 0.281 e. The van der Waals surface area contributed by atoms with Crippen LogP contribution >= 0.6 is 0 Å². The van der Waals surface area contributed by atoms with Crippen LogP contribution in [0.3, 0.4) is 0 Å². The first-order valence-corrected chi connectivity index (χ1v) is 9.50. The van der Waals surface area contributed by atoms with Crippen LogP contribution in [0, 0.1) is 5.41 Å². The van der Waals surface area contributed by atoms with Gasteiger partial charge in [0, 0.05) is 32.7 Å². The summed E-state index contributed by atoms with van der Waals surface area (Å²) in [5.41, 5.74) is 0.254. The Hall–Kier alpha value is -0.170. The van der Waals surface area contributed by atoms with Gasteiger partial charge in [0.1, 0.15) is 0 Å². The molecule has 0 unspecified atom stereocenters. The molecule has 0 atom stereocenters. The molecule has 1 rings (SSSR count). The van der Waals surface area contributed by atoms with Gasteiger partial charge in [0.25, 0.3) is 10.2 Å². The quantitative estimate of drug-likeness (QED) is 0.731. The Morgan fingerprint density at radius 2 is 1.90 bits per heavy atom. The zero-order chi connectivity index (χ0) is 16.1. The molecule has 5 nitrogen and oxygen atoms in total. The average Bonchev–Trinajstić information content (AvgIpc) is 2.55. The van der Waals surface area contributed by atoms with Gasteiger partial charge in [0.2, 0.25) is 0 Å². The Labute approximate surface area is 131 Å². The Bertz CT molecular complexity index is 407. The second kappa shape index (κ2) is 7.90. The minimum Gasteiger partial charge on any atom is -0.314 e. The van der Waals surface area contributed by atoms with Crippen molar-refractivity contribution in [3.63, 3.8) is 0 Å². The number of nitrogens with zero attached hydrogens (tertiary/aromatic N) is 2. The van der Waals surface area contributed by atoms with Crippen LogP contribution in [0.4, 0.5) is 0 Å². The van der Waals surface area contributed by atoms with E-state index in [0.29, 0.717) is 25.7 Å². The minimum absolute atomic E-state index is 0.254. The number of rotatable bonds is 7. The highest BCUT2D eigenvalue weighted by molar-refractivity contribution is 7.86. The fraction of sp³-hybridized carbons (Fsp3) is 1.00. The summed E-state index contributed by atoms with van der Waals surface area (Å²) < 4.78 is 28.4. The van der Waals surface area contributed by atoms with Crippen molar-refractivity contribution >= 4 is 10.2 Å². The SMILES string of the molecule is CC(C)NCCCN(C)S(=O)(=O)N1CCCC(C)(C)CC1. The monoisotopic (exact) mass is 319 g/mol. The van der Waals surface area contributed by atoms with Gasteiger partial charge in [-0.25, -0.2) is 0 Å². The first kappa shape index (κ1) is 18.9. The van der Waals surface area contributed by atoms with Crippen LogP contribution in [-0.4, -0.2) is 56.3 Å². The lowest BCUT2D eigenvalue weighted by molar-refractivity contribution is 0.309. The van der Waals surface area contributed by atoms with Crippen LogP contribution in [0.25, 0.3) is 0 Å². The predicted octanol–water partition coefficient (Wildman–Crippen LogP) is 2.06. The van der Waals surface area contributed by atoms with Crippen molar-refractivity contribution < 1.29 is 8.42 Å². The van der Waals surface area contributed by atoms with Crippen LogP contribution in [0.15, 0.2) is 0 Å². The van der Waals surface area contributed by atoms with E-state index in [1.165, 1.54) is 4.31 Å². The summed E-state index contributed by atoms with van der Waals surface area (Å²) in [4.78, 5) is 0. The molecule has 0 aliphatic carbocycles. The molecule has 0 bridgehead atoms. The minimum atomic E-state index is -3.30. The van der Waals surface area contributed by atoms with Crippen molar-refractivity contribution in [1.29, 1.82) is 0 Å². The molecule has 0 aromatic carbocycles. The van der Waals surface area contributed by atoms with Crippen molar-refractivity contribution in [2.45, 2.75) is 59.4 Å². The van der Waals surface area contributed by atoms with Crippen LogP contribution in [0.1, 0.15) is 53.4 Å². The highest BCUT2D eigenvalue weighted by Crippen LogP contribution is 2.30. The molecule has 0 aromatic heterocycles. The normalized spacial score (nSPS) is 20.9. The highest BCUT2D eigenvalue weighted by Gasteiger charge is 2.31. The summed E-state index contributed by atoms with van der Waals surface area (Å²) in [6, 6.07) is 0.444. The third-order valence-electron chi connectivity index (χ3n) is 4.22. The van der Waals surface area contributed by atoms with E-state index in [9.17, 15) is 8.42 Å². The van der Waals surface area contributed by atoms with Crippen molar-refractivity contribution in [3.8, 4) is 0 Å². The predicted molar refractivity (Wildman–Crippen MR) is 88.5 cm³/mol. The smallest absolute Gasteiger partial charge is 0.281 e. The third kappa shape index (κ3) is 6.22. The van der Waals surface area contributed by atoms with Crippen molar-refractivity contribution in [3.05, 3.63) is 0 Å². The number of hydrogen-bond donors (Lipinski definition) is 1. The Balaban J connectivity index is 2.51. The zero-order valence-electron chi connectivity index (χ0n) is 14.4. The average molecular weight is 320 g/mol. The summed E-state index contributed by atoms with van der Waals surface area (Å²) in [6.45, 7) is 11.4. The van der Waals surface area contributed by atoms with Crippen LogP contribution in [0.2, 0.25) is 0 Å². The van der Waals surface area contributed by atoms with E-state index in [-0.39, 0.29) is 5.41 Å². The fourth-order valence-electron chi connectivity index (χ4n) is 2.63. The first-order chi connectivity index (χ1) is 9.65. The lowest BCUT2D eigenvalue weighted by atomic mass is 9.85. The standard InChI is InChI=1S/C15H33N3O2S/c1-14(2)16-10-7-11-17(5)21(19,20)18-12-6-8-15(3,4)9-13-18/h14,16H,6-13H2,1-5H3. The third-order valence-corrected chi connectivity index (χ3v) is 6.21. The molecule has 6 heteroatoms. The molecular weight excluding hydrogens is 286 g/mol. The molecule has 1 fully saturated rings. The molecule has 126 valence electrons. The maximum atomic E-state index is 12.6. The second-order valence-electron chi connectivity index (χ2n) is 7.21. The highest BCUT2D eigenvalue weighted by atomic mass is 32.2. The van der Waals surface area contributed by atoms with Gasteiger partial charge >= 0.3 is 0 Å². The van der Waals surface area contributed by atoms with E-state index >= 15 is 0 Å². The first-order valence-electron chi connectivity index (χ1n) is 8.10. The van der Waals surface area contributed by atoms with Gasteiger partial charge in [-0.05, 0) is 37.6 Å². The molecule has 0 radical (unpaired) electrons. The van der Waals surface area contributed by atoms with E-state index < -0.39 is 10.2 Å². The molecule has 1 heterocycles. The van der Waals surface area contributed by atoms with E-state index in [2.05, 4.69) is 33.0 Å². The van der Waals surface area contributed by atoms with Crippen LogP contribution in [-0.2, 0) is 10.2 Å². The van der Waals surface area contributed by atoms with Gasteiger partial charge < -0.3 is 5.32 Å². The Kier molecular flexibility index (Phi) is 7.10. The molecule has 0 saturated carbocycles. The molecule has 1 aliphatic rings. The molecule has 0 aromatic rings. The zero-order valence-corrected chi connectivity index (χ0v) is 15.2. The van der Waals surface area contributed by atoms with Gasteiger partial charge in [-0.1, -0.05) is 27.7 Å². The summed E-state index contributed by atoms with van der Waals surface area (Å²) in [5.74, 6) is 0. The van der Waals surface area contributed by atoms with Crippen molar-refractivity contribution in [1.82, 2.24) is 13.9 Å². The molecule has 1 N–H and O–H groups in total. The lowest BCUT2D eigenvalue weighted by Gasteiger charge is -2.27. The van der Waals surface area contributed by atoms with Crippen molar-refractivity contribution in [2.75, 3.05) is 33.2 Å². The van der Waals surface area contributed by atoms with E-state index in [1.807, 2.05) is 0 Å². The Morgan fingerprint density at radius 3 is 2.52 bits per heavy atom. The van der Waals surface area contributed by atoms with Gasteiger partial charge in [-0.2, -0.15) is 17.0 Å². The molecule has 1 aliphatic heterocycles. The van der Waals surface area contributed by atoms with Gasteiger partial charge in [-0.3, -0.25) is 0 Å². The van der Waals surface area contributed by atoms with Crippen LogP contribution in [0.5, 0.6) is 0 Å². The van der Waals surface area contributed by atoms with Gasteiger partial charge in [0.05, 0.1) is 0 Å². The number of hydrogen-bond acceptors (Lipinski definition) is 3. The molecule has 0 spiro atoms. The van der Waals surface area contributed by atoms with Crippen LogP contribution < -0.4 is 5.32 Å². The van der Waals surface area contributed by atoms with Crippen molar-refractivity contribution in [2.24, 2.45) is 5.41 Å². The second-order valence-corrected chi connectivity index (χ2v) is 9.24. The summed E-state index contributed by atoms with van der Waals surface area (Å²) in [6.07, 6.45) is 3.83. The summed E-state index contributed by atoms with van der Waals surface area (Å²) >= 11 is 0. The lowest BCUT2D eigenvalue weighted by Crippen LogP contribution is -2.43. The topological polar surface area (TPSA) is 52.7 Å². The Morgan fingerprint density at radius 1 is 1.24 bits per heavy atom. The summed E-state index contributed by atoms with van der Waals surface area (Å²) in [7, 11) is -1.60. The van der Waals surface area contributed by atoms with E-state index in [4.69, 9.17) is 0 Å². The number of nitrogens with one attached hydrogen (secondary N) is 1. The molecular formula is C15H33N3O2S.